The number of aliphatic hydroxyl groups is 2. The number of fused-ring (bicyclic) bond motifs is 1. The average Bonchev–Trinajstić information content (AvgIpc) is 3.53. The van der Waals surface area contributed by atoms with E-state index >= 15 is 0 Å². The first-order valence-corrected chi connectivity index (χ1v) is 17.0. The largest absolute Gasteiger partial charge is 0.499 e. The van der Waals surface area contributed by atoms with Gasteiger partial charge >= 0.3 is 11.9 Å². The Morgan fingerprint density at radius 1 is 0.961 bits per heavy atom. The van der Waals surface area contributed by atoms with Crippen LogP contribution in [0.3, 0.4) is 0 Å². The van der Waals surface area contributed by atoms with Crippen LogP contribution in [-0.2, 0) is 39.1 Å². The number of benzene rings is 3. The molecule has 0 bridgehead atoms. The Morgan fingerprint density at radius 3 is 2.27 bits per heavy atom. The van der Waals surface area contributed by atoms with Crippen LogP contribution in [0.25, 0.3) is 6.08 Å². The lowest BCUT2D eigenvalue weighted by atomic mass is 9.91. The molecule has 11 nitrogen and oxygen atoms in total. The van der Waals surface area contributed by atoms with Crippen LogP contribution < -0.4 is 5.32 Å². The van der Waals surface area contributed by atoms with Crippen molar-refractivity contribution in [2.75, 3.05) is 19.8 Å². The highest BCUT2D eigenvalue weighted by Gasteiger charge is 2.55. The predicted octanol–water partition coefficient (Wildman–Crippen LogP) is 4.81. The zero-order valence-electron chi connectivity index (χ0n) is 29.0. The van der Waals surface area contributed by atoms with Gasteiger partial charge in [0.2, 0.25) is 11.7 Å². The molecule has 0 radical (unpaired) electrons. The number of aliphatic hydroxyl groups excluding tert-OH is 2. The molecule has 270 valence electrons. The van der Waals surface area contributed by atoms with E-state index in [0.717, 1.165) is 11.1 Å². The lowest BCUT2D eigenvalue weighted by molar-refractivity contribution is -0.157. The van der Waals surface area contributed by atoms with Gasteiger partial charge in [-0.3, -0.25) is 9.59 Å². The predicted molar refractivity (Wildman–Crippen MR) is 188 cm³/mol. The average molecular weight is 700 g/mol. The third kappa shape index (κ3) is 9.71. The molecule has 0 spiro atoms. The molecule has 5 rings (SSSR count). The summed E-state index contributed by atoms with van der Waals surface area (Å²) in [6.07, 6.45) is 2.41. The molecule has 0 saturated carbocycles. The topological polar surface area (TPSA) is 150 Å². The van der Waals surface area contributed by atoms with Crippen LogP contribution in [0.15, 0.2) is 103 Å². The van der Waals surface area contributed by atoms with Crippen molar-refractivity contribution in [3.63, 3.8) is 0 Å². The molecule has 1 heterocycles. The number of carbonyl (C=O) groups excluding carboxylic acids is 3. The van der Waals surface area contributed by atoms with E-state index in [1.807, 2.05) is 60.7 Å². The number of hydrogen-bond donors (Lipinski definition) is 3. The first-order valence-electron chi connectivity index (χ1n) is 17.0. The Balaban J connectivity index is 1.42. The van der Waals surface area contributed by atoms with Crippen molar-refractivity contribution in [3.05, 3.63) is 125 Å². The molecule has 1 fully saturated rings. The van der Waals surface area contributed by atoms with Crippen molar-refractivity contribution >= 4 is 23.9 Å². The molecule has 3 N–H and O–H groups in total. The van der Waals surface area contributed by atoms with Crippen molar-refractivity contribution in [1.82, 2.24) is 5.32 Å². The van der Waals surface area contributed by atoms with Gasteiger partial charge in [0.1, 0.15) is 30.5 Å². The van der Waals surface area contributed by atoms with Crippen LogP contribution >= 0.6 is 0 Å². The van der Waals surface area contributed by atoms with Crippen LogP contribution in [0.5, 0.6) is 0 Å². The Morgan fingerprint density at radius 2 is 1.65 bits per heavy atom. The van der Waals surface area contributed by atoms with Crippen molar-refractivity contribution in [1.29, 1.82) is 0 Å². The second-order valence-corrected chi connectivity index (χ2v) is 13.4. The highest BCUT2D eigenvalue weighted by Crippen LogP contribution is 2.47. The Bertz CT molecular complexity index is 1660. The molecule has 1 aliphatic carbocycles. The molecule has 4 atom stereocenters. The molecule has 1 saturated heterocycles. The first kappa shape index (κ1) is 37.4. The fraction of sp³-hybridized carbons (Fsp3) is 0.375. The molecule has 51 heavy (non-hydrogen) atoms. The summed E-state index contributed by atoms with van der Waals surface area (Å²) in [6, 6.07) is 24.9. The van der Waals surface area contributed by atoms with E-state index in [4.69, 9.17) is 28.8 Å². The summed E-state index contributed by atoms with van der Waals surface area (Å²) in [5.74, 6) is -2.93. The monoisotopic (exact) mass is 699 g/mol. The lowest BCUT2D eigenvalue weighted by Gasteiger charge is -2.31. The molecule has 1 amide bonds. The Kier molecular flexibility index (Phi) is 12.4. The summed E-state index contributed by atoms with van der Waals surface area (Å²) in [4.78, 5) is 39.7. The molecule has 0 aromatic heterocycles. The highest BCUT2D eigenvalue weighted by atomic mass is 16.8. The van der Waals surface area contributed by atoms with Gasteiger partial charge in [-0.1, -0.05) is 72.8 Å². The maximum absolute atomic E-state index is 13.7. The molecule has 1 aliphatic heterocycles. The maximum Gasteiger partial charge on any atom is 0.338 e. The van der Waals surface area contributed by atoms with Gasteiger partial charge in [-0.05, 0) is 57.0 Å². The van der Waals surface area contributed by atoms with Gasteiger partial charge < -0.3 is 39.2 Å². The van der Waals surface area contributed by atoms with E-state index in [9.17, 15) is 19.5 Å². The number of hydrogen-bond acceptors (Lipinski definition) is 10. The van der Waals surface area contributed by atoms with Gasteiger partial charge in [0.05, 0.1) is 31.1 Å². The highest BCUT2D eigenvalue weighted by molar-refractivity contribution is 5.94. The van der Waals surface area contributed by atoms with Gasteiger partial charge in [0.25, 0.3) is 0 Å². The van der Waals surface area contributed by atoms with Gasteiger partial charge in [0.15, 0.2) is 0 Å². The molecule has 3 aromatic carbocycles. The molecule has 0 unspecified atom stereocenters. The van der Waals surface area contributed by atoms with E-state index < -0.39 is 60.2 Å². The molecule has 3 aromatic rings. The van der Waals surface area contributed by atoms with E-state index in [-0.39, 0.29) is 43.6 Å². The summed E-state index contributed by atoms with van der Waals surface area (Å²) in [5, 5.41) is 21.8. The second kappa shape index (κ2) is 16.9. The van der Waals surface area contributed by atoms with Crippen LogP contribution in [0.4, 0.5) is 0 Å². The standard InChI is InChI=1S/C40H45NO10/c1-39(2,3)50-35(44)18-17-32(26-43)41-37(45)29-24-33(48-38(46)28-12-10-11-27(23-28)19-21-47-22-20-42)36-34(25-29)49-40(51-36,30-13-6-4-7-14-30)31-15-8-5-9-16-31/h4-16,19,21,23,25,32-34,36,42-43H,17-18,20,22,24,26H2,1-3H3,(H,41,45)/t32-,33+,34+,36-/m0/s1. The minimum absolute atomic E-state index is 0.000562. The molecule has 11 heteroatoms. The van der Waals surface area contributed by atoms with Crippen LogP contribution in [0.2, 0.25) is 0 Å². The quantitative estimate of drug-likeness (QED) is 0.122. The maximum atomic E-state index is 13.7. The minimum Gasteiger partial charge on any atom is -0.499 e. The third-order valence-corrected chi connectivity index (χ3v) is 8.30. The third-order valence-electron chi connectivity index (χ3n) is 8.30. The van der Waals surface area contributed by atoms with Crippen LogP contribution in [0.1, 0.15) is 67.1 Å². The van der Waals surface area contributed by atoms with Crippen molar-refractivity contribution < 1.29 is 48.3 Å². The summed E-state index contributed by atoms with van der Waals surface area (Å²) >= 11 is 0. The molecular formula is C40H45NO10. The number of carbonyl (C=O) groups is 3. The number of nitrogens with one attached hydrogen (secondary N) is 1. The van der Waals surface area contributed by atoms with E-state index in [1.165, 1.54) is 6.26 Å². The van der Waals surface area contributed by atoms with Crippen molar-refractivity contribution in [2.24, 2.45) is 0 Å². The SMILES string of the molecule is CC(C)(C)OC(=O)CC[C@@H](CO)NC(=O)C1=C[C@H]2OC(c3ccccc3)(c3ccccc3)O[C@H]2[C@H](OC(=O)c2cccc(C=COCCO)c2)C1. The smallest absolute Gasteiger partial charge is 0.338 e. The van der Waals surface area contributed by atoms with E-state index in [2.05, 4.69) is 5.32 Å². The van der Waals surface area contributed by atoms with Gasteiger partial charge in [-0.25, -0.2) is 4.79 Å². The van der Waals surface area contributed by atoms with Crippen molar-refractivity contribution in [3.8, 4) is 0 Å². The summed E-state index contributed by atoms with van der Waals surface area (Å²) < 4.78 is 30.2. The summed E-state index contributed by atoms with van der Waals surface area (Å²) in [5.41, 5.74) is 2.02. The van der Waals surface area contributed by atoms with Gasteiger partial charge in [0, 0.05) is 29.5 Å². The lowest BCUT2D eigenvalue weighted by Crippen LogP contribution is -2.45. The van der Waals surface area contributed by atoms with Gasteiger partial charge in [-0.15, -0.1) is 0 Å². The summed E-state index contributed by atoms with van der Waals surface area (Å²) in [7, 11) is 0. The van der Waals surface area contributed by atoms with Crippen molar-refractivity contribution in [2.45, 2.75) is 75.8 Å². The Hall–Kier alpha value is -4.81. The molecular weight excluding hydrogens is 654 g/mol. The van der Waals surface area contributed by atoms with Crippen LogP contribution in [0, 0.1) is 0 Å². The number of rotatable bonds is 14. The Labute approximate surface area is 297 Å². The second-order valence-electron chi connectivity index (χ2n) is 13.4. The fourth-order valence-corrected chi connectivity index (χ4v) is 5.99. The fourth-order valence-electron chi connectivity index (χ4n) is 5.99. The first-order chi connectivity index (χ1) is 24.5. The number of ether oxygens (including phenoxy) is 5. The summed E-state index contributed by atoms with van der Waals surface area (Å²) in [6.45, 7) is 4.93. The zero-order valence-corrected chi connectivity index (χ0v) is 29.0. The molecule has 2 aliphatic rings. The van der Waals surface area contributed by atoms with E-state index in [1.54, 1.807) is 57.2 Å². The minimum atomic E-state index is -1.37. The van der Waals surface area contributed by atoms with Gasteiger partial charge in [-0.2, -0.15) is 0 Å². The number of esters is 2. The number of amides is 1. The zero-order chi connectivity index (χ0) is 36.4. The normalized spacial score (nSPS) is 20.2. The van der Waals surface area contributed by atoms with Crippen LogP contribution in [-0.4, -0.2) is 77.8 Å². The van der Waals surface area contributed by atoms with E-state index in [0.29, 0.717) is 5.56 Å².